The molecule has 0 spiro atoms. The molecule has 13 heavy (non-hydrogen) atoms. The summed E-state index contributed by atoms with van der Waals surface area (Å²) in [6.07, 6.45) is 3.88. The first-order chi connectivity index (χ1) is 6.15. The van der Waals surface area contributed by atoms with Crippen LogP contribution < -0.4 is 5.73 Å². The fourth-order valence-corrected chi connectivity index (χ4v) is 2.71. The van der Waals surface area contributed by atoms with E-state index in [1.807, 2.05) is 6.08 Å². The lowest BCUT2D eigenvalue weighted by atomic mass is 10.1. The van der Waals surface area contributed by atoms with Gasteiger partial charge in [-0.2, -0.15) is 0 Å². The summed E-state index contributed by atoms with van der Waals surface area (Å²) in [5.74, 6) is 0. The number of hydrogen-bond donors (Lipinski definition) is 1. The molecule has 0 aliphatic carbocycles. The SMILES string of the molecule is C=CCC[C@@H](N)c1cc(C)c(Br)s1. The summed E-state index contributed by atoms with van der Waals surface area (Å²) in [5, 5.41) is 0. The molecule has 0 fully saturated rings. The van der Waals surface area contributed by atoms with Gasteiger partial charge in [-0.25, -0.2) is 0 Å². The van der Waals surface area contributed by atoms with Crippen LogP contribution in [0.5, 0.6) is 0 Å². The van der Waals surface area contributed by atoms with Crippen molar-refractivity contribution in [2.45, 2.75) is 25.8 Å². The summed E-state index contributed by atoms with van der Waals surface area (Å²) in [5.41, 5.74) is 7.28. The zero-order valence-corrected chi connectivity index (χ0v) is 10.1. The molecule has 0 saturated carbocycles. The molecule has 0 aliphatic rings. The van der Waals surface area contributed by atoms with Gasteiger partial charge in [-0.15, -0.1) is 17.9 Å². The summed E-state index contributed by atoms with van der Waals surface area (Å²) in [6.45, 7) is 5.78. The van der Waals surface area contributed by atoms with Gasteiger partial charge in [0.2, 0.25) is 0 Å². The maximum absolute atomic E-state index is 6.01. The van der Waals surface area contributed by atoms with Crippen LogP contribution in [0.1, 0.15) is 29.3 Å². The van der Waals surface area contributed by atoms with Crippen molar-refractivity contribution in [3.63, 3.8) is 0 Å². The third-order valence-corrected chi connectivity index (χ3v) is 4.19. The minimum absolute atomic E-state index is 0.160. The summed E-state index contributed by atoms with van der Waals surface area (Å²) >= 11 is 5.23. The Morgan fingerprint density at radius 2 is 2.46 bits per heavy atom. The molecule has 0 unspecified atom stereocenters. The number of thiophene rings is 1. The molecular formula is C10H14BrNS. The van der Waals surface area contributed by atoms with Crippen molar-refractivity contribution in [3.8, 4) is 0 Å². The molecule has 1 heterocycles. The van der Waals surface area contributed by atoms with Crippen molar-refractivity contribution in [3.05, 3.63) is 32.9 Å². The second-order valence-electron chi connectivity index (χ2n) is 3.08. The van der Waals surface area contributed by atoms with Crippen LogP contribution in [-0.2, 0) is 0 Å². The lowest BCUT2D eigenvalue weighted by Gasteiger charge is -2.06. The van der Waals surface area contributed by atoms with Gasteiger partial charge in [-0.1, -0.05) is 6.08 Å². The van der Waals surface area contributed by atoms with E-state index in [0.717, 1.165) is 12.8 Å². The van der Waals surface area contributed by atoms with Crippen LogP contribution in [0.2, 0.25) is 0 Å². The van der Waals surface area contributed by atoms with E-state index in [2.05, 4.69) is 35.5 Å². The standard InChI is InChI=1S/C10H14BrNS/c1-3-4-5-8(12)9-6-7(2)10(11)13-9/h3,6,8H,1,4-5,12H2,2H3/t8-/m1/s1. The minimum Gasteiger partial charge on any atom is -0.323 e. The lowest BCUT2D eigenvalue weighted by molar-refractivity contribution is 0.672. The third kappa shape index (κ3) is 2.93. The molecule has 0 radical (unpaired) electrons. The van der Waals surface area contributed by atoms with Gasteiger partial charge in [0, 0.05) is 10.9 Å². The van der Waals surface area contributed by atoms with Crippen molar-refractivity contribution in [2.24, 2.45) is 5.73 Å². The van der Waals surface area contributed by atoms with Crippen molar-refractivity contribution in [1.82, 2.24) is 0 Å². The number of halogens is 1. The Morgan fingerprint density at radius 1 is 1.77 bits per heavy atom. The fourth-order valence-electron chi connectivity index (χ4n) is 1.11. The van der Waals surface area contributed by atoms with Crippen LogP contribution in [0, 0.1) is 6.92 Å². The van der Waals surface area contributed by atoms with Gasteiger partial charge in [0.05, 0.1) is 3.79 Å². The molecule has 0 aromatic carbocycles. The molecule has 72 valence electrons. The van der Waals surface area contributed by atoms with Gasteiger partial charge in [0.15, 0.2) is 0 Å². The van der Waals surface area contributed by atoms with Crippen LogP contribution >= 0.6 is 27.3 Å². The first kappa shape index (κ1) is 11.0. The molecule has 0 aliphatic heterocycles. The highest BCUT2D eigenvalue weighted by Gasteiger charge is 2.09. The first-order valence-electron chi connectivity index (χ1n) is 4.27. The second kappa shape index (κ2) is 4.94. The molecule has 1 nitrogen and oxygen atoms in total. The van der Waals surface area contributed by atoms with Gasteiger partial charge >= 0.3 is 0 Å². The Labute approximate surface area is 91.8 Å². The molecule has 1 rings (SSSR count). The normalized spacial score (nSPS) is 12.8. The van der Waals surface area contributed by atoms with E-state index in [1.165, 1.54) is 14.2 Å². The Balaban J connectivity index is 2.65. The number of aryl methyl sites for hydroxylation is 1. The molecular weight excluding hydrogens is 246 g/mol. The van der Waals surface area contributed by atoms with Crippen LogP contribution in [0.25, 0.3) is 0 Å². The summed E-state index contributed by atoms with van der Waals surface area (Å²) in [4.78, 5) is 1.26. The summed E-state index contributed by atoms with van der Waals surface area (Å²) in [7, 11) is 0. The molecule has 2 N–H and O–H groups in total. The van der Waals surface area contributed by atoms with Crippen molar-refractivity contribution in [1.29, 1.82) is 0 Å². The molecule has 3 heteroatoms. The Hall–Kier alpha value is -0.120. The first-order valence-corrected chi connectivity index (χ1v) is 5.88. The zero-order valence-electron chi connectivity index (χ0n) is 7.72. The summed E-state index contributed by atoms with van der Waals surface area (Å²) in [6, 6.07) is 2.32. The Bertz CT molecular complexity index is 274. The van der Waals surface area contributed by atoms with E-state index in [-0.39, 0.29) is 6.04 Å². The van der Waals surface area contributed by atoms with Gasteiger partial charge in [-0.05, 0) is 47.3 Å². The highest BCUT2D eigenvalue weighted by atomic mass is 79.9. The Morgan fingerprint density at radius 3 is 2.92 bits per heavy atom. The van der Waals surface area contributed by atoms with Crippen LogP contribution in [0.4, 0.5) is 0 Å². The average molecular weight is 260 g/mol. The maximum Gasteiger partial charge on any atom is 0.0731 e. The van der Waals surface area contributed by atoms with E-state index >= 15 is 0 Å². The topological polar surface area (TPSA) is 26.0 Å². The Kier molecular flexibility index (Phi) is 4.16. The fraction of sp³-hybridized carbons (Fsp3) is 0.400. The smallest absolute Gasteiger partial charge is 0.0731 e. The van der Waals surface area contributed by atoms with E-state index < -0.39 is 0 Å². The highest BCUT2D eigenvalue weighted by molar-refractivity contribution is 9.11. The van der Waals surface area contributed by atoms with Gasteiger partial charge in [0.1, 0.15) is 0 Å². The molecule has 0 amide bonds. The van der Waals surface area contributed by atoms with Gasteiger partial charge < -0.3 is 5.73 Å². The molecule has 1 aromatic rings. The largest absolute Gasteiger partial charge is 0.323 e. The zero-order chi connectivity index (χ0) is 9.84. The maximum atomic E-state index is 6.01. The second-order valence-corrected chi connectivity index (χ2v) is 5.48. The molecule has 1 aromatic heterocycles. The van der Waals surface area contributed by atoms with Crippen LogP contribution in [-0.4, -0.2) is 0 Å². The number of allylic oxidation sites excluding steroid dienone is 1. The quantitative estimate of drug-likeness (QED) is 0.819. The lowest BCUT2D eigenvalue weighted by Crippen LogP contribution is -2.07. The van der Waals surface area contributed by atoms with Gasteiger partial charge in [-0.3, -0.25) is 0 Å². The third-order valence-electron chi connectivity index (χ3n) is 1.92. The number of rotatable bonds is 4. The van der Waals surface area contributed by atoms with E-state index in [1.54, 1.807) is 11.3 Å². The van der Waals surface area contributed by atoms with Crippen LogP contribution in [0.15, 0.2) is 22.5 Å². The van der Waals surface area contributed by atoms with Gasteiger partial charge in [0.25, 0.3) is 0 Å². The minimum atomic E-state index is 0.160. The molecule has 0 bridgehead atoms. The highest BCUT2D eigenvalue weighted by Crippen LogP contribution is 2.31. The number of nitrogens with two attached hydrogens (primary N) is 1. The predicted molar refractivity (Wildman–Crippen MR) is 63.1 cm³/mol. The average Bonchev–Trinajstić information content (AvgIpc) is 2.43. The van der Waals surface area contributed by atoms with E-state index in [4.69, 9.17) is 5.73 Å². The van der Waals surface area contributed by atoms with Crippen molar-refractivity contribution in [2.75, 3.05) is 0 Å². The van der Waals surface area contributed by atoms with Crippen molar-refractivity contribution < 1.29 is 0 Å². The van der Waals surface area contributed by atoms with Crippen molar-refractivity contribution >= 4 is 27.3 Å². The summed E-state index contributed by atoms with van der Waals surface area (Å²) < 4.78 is 1.19. The molecule has 0 saturated heterocycles. The predicted octanol–water partition coefficient (Wildman–Crippen LogP) is 3.79. The monoisotopic (exact) mass is 259 g/mol. The van der Waals surface area contributed by atoms with E-state index in [0.29, 0.717) is 0 Å². The molecule has 1 atom stereocenters. The van der Waals surface area contributed by atoms with Crippen LogP contribution in [0.3, 0.4) is 0 Å². The van der Waals surface area contributed by atoms with E-state index in [9.17, 15) is 0 Å². The number of hydrogen-bond acceptors (Lipinski definition) is 2.